The van der Waals surface area contributed by atoms with E-state index >= 15 is 0 Å². The van der Waals surface area contributed by atoms with Gasteiger partial charge in [0.2, 0.25) is 11.9 Å². The Bertz CT molecular complexity index is 955. The summed E-state index contributed by atoms with van der Waals surface area (Å²) in [5.41, 5.74) is 10.1. The third-order valence-corrected chi connectivity index (χ3v) is 5.76. The van der Waals surface area contributed by atoms with Gasteiger partial charge >= 0.3 is 0 Å². The molecule has 1 heterocycles. The fourth-order valence-electron chi connectivity index (χ4n) is 4.01. The van der Waals surface area contributed by atoms with Crippen molar-refractivity contribution in [3.05, 3.63) is 54.1 Å². The molecule has 6 heteroatoms. The summed E-state index contributed by atoms with van der Waals surface area (Å²) in [4.78, 5) is 16.8. The summed E-state index contributed by atoms with van der Waals surface area (Å²) in [7, 11) is 0. The van der Waals surface area contributed by atoms with Crippen molar-refractivity contribution in [2.24, 2.45) is 0 Å². The highest BCUT2D eigenvalue weighted by Gasteiger charge is 2.10. The third-order valence-electron chi connectivity index (χ3n) is 5.76. The minimum Gasteiger partial charge on any atom is -0.369 e. The number of imidazole rings is 1. The Kier molecular flexibility index (Phi) is 11.1. The van der Waals surface area contributed by atoms with Crippen LogP contribution in [0.4, 0.5) is 11.6 Å². The molecule has 0 fully saturated rings. The number of benzene rings is 2. The standard InChI is InChI=1S/C26H36N4O.ClH/c1-2-3-4-5-6-7-11-16-25(31)28-22-17-18-24-23(20-22)29-26(27)30(24)19-12-15-21-13-9-8-10-14-21;/h8-10,13-14,17-18,20H,2-7,11-12,15-16,19H2,1H3,(H2,27,29)(H,28,31);1H. The number of carbonyl (C=O) groups excluding carboxylic acids is 1. The second kappa shape index (κ2) is 13.8. The molecule has 0 aliphatic heterocycles. The van der Waals surface area contributed by atoms with E-state index < -0.39 is 0 Å². The lowest BCUT2D eigenvalue weighted by atomic mass is 10.1. The molecule has 0 radical (unpaired) electrons. The van der Waals surface area contributed by atoms with Crippen LogP contribution in [-0.2, 0) is 17.8 Å². The van der Waals surface area contributed by atoms with E-state index in [1.165, 1.54) is 37.7 Å². The quantitative estimate of drug-likeness (QED) is 0.279. The molecule has 0 aliphatic rings. The first-order valence-corrected chi connectivity index (χ1v) is 11.8. The molecule has 0 bridgehead atoms. The van der Waals surface area contributed by atoms with Gasteiger partial charge in [0.1, 0.15) is 0 Å². The van der Waals surface area contributed by atoms with Crippen molar-refractivity contribution in [2.45, 2.75) is 77.7 Å². The number of nitrogens with one attached hydrogen (secondary N) is 1. The minimum atomic E-state index is 0. The molecular formula is C26H37ClN4O. The highest BCUT2D eigenvalue weighted by Crippen LogP contribution is 2.23. The molecule has 1 amide bonds. The fraction of sp³-hybridized carbons (Fsp3) is 0.462. The zero-order valence-electron chi connectivity index (χ0n) is 19.2. The molecule has 5 nitrogen and oxygen atoms in total. The first-order valence-electron chi connectivity index (χ1n) is 11.8. The Morgan fingerprint density at radius 1 is 0.969 bits per heavy atom. The molecule has 0 aliphatic carbocycles. The van der Waals surface area contributed by atoms with Crippen LogP contribution in [0.2, 0.25) is 0 Å². The Hall–Kier alpha value is -2.53. The smallest absolute Gasteiger partial charge is 0.224 e. The lowest BCUT2D eigenvalue weighted by molar-refractivity contribution is -0.116. The molecule has 2 aromatic carbocycles. The zero-order valence-corrected chi connectivity index (χ0v) is 20.0. The average Bonchev–Trinajstić information content (AvgIpc) is 3.08. The third kappa shape index (κ3) is 7.86. The van der Waals surface area contributed by atoms with E-state index in [-0.39, 0.29) is 18.3 Å². The van der Waals surface area contributed by atoms with Gasteiger partial charge in [0.05, 0.1) is 11.0 Å². The predicted octanol–water partition coefficient (Wildman–Crippen LogP) is 6.75. The number of unbranched alkanes of at least 4 members (excludes halogenated alkanes) is 6. The summed E-state index contributed by atoms with van der Waals surface area (Å²) in [5, 5.41) is 3.01. The SMILES string of the molecule is CCCCCCCCCC(=O)Nc1ccc2c(c1)nc(N)n2CCCc1ccccc1.Cl. The van der Waals surface area contributed by atoms with Crippen LogP contribution in [0.3, 0.4) is 0 Å². The van der Waals surface area contributed by atoms with Gasteiger partial charge in [-0.1, -0.05) is 75.8 Å². The van der Waals surface area contributed by atoms with Gasteiger partial charge in [0, 0.05) is 18.7 Å². The number of amides is 1. The topological polar surface area (TPSA) is 72.9 Å². The van der Waals surface area contributed by atoms with E-state index in [0.29, 0.717) is 12.4 Å². The Morgan fingerprint density at radius 3 is 2.44 bits per heavy atom. The summed E-state index contributed by atoms with van der Waals surface area (Å²) in [6, 6.07) is 16.3. The van der Waals surface area contributed by atoms with Crippen LogP contribution < -0.4 is 11.1 Å². The number of carbonyl (C=O) groups is 1. The van der Waals surface area contributed by atoms with Crippen LogP contribution in [0.5, 0.6) is 0 Å². The van der Waals surface area contributed by atoms with Gasteiger partial charge in [-0.15, -0.1) is 12.4 Å². The van der Waals surface area contributed by atoms with Gasteiger partial charge in [-0.25, -0.2) is 4.98 Å². The van der Waals surface area contributed by atoms with Crippen molar-refractivity contribution >= 4 is 41.0 Å². The van der Waals surface area contributed by atoms with Crippen molar-refractivity contribution in [3.8, 4) is 0 Å². The fourth-order valence-corrected chi connectivity index (χ4v) is 4.01. The number of fused-ring (bicyclic) bond motifs is 1. The molecule has 3 aromatic rings. The van der Waals surface area contributed by atoms with Gasteiger partial charge in [0.15, 0.2) is 0 Å². The summed E-state index contributed by atoms with van der Waals surface area (Å²) < 4.78 is 2.06. The van der Waals surface area contributed by atoms with Crippen LogP contribution in [0, 0.1) is 0 Å². The lowest BCUT2D eigenvalue weighted by Crippen LogP contribution is -2.11. The number of halogens is 1. The summed E-state index contributed by atoms with van der Waals surface area (Å²) in [6.45, 7) is 3.05. The number of nitrogens with zero attached hydrogens (tertiary/aromatic N) is 2. The molecule has 32 heavy (non-hydrogen) atoms. The maximum atomic E-state index is 12.3. The number of hydrogen-bond donors (Lipinski definition) is 2. The molecule has 174 valence electrons. The van der Waals surface area contributed by atoms with Crippen molar-refractivity contribution < 1.29 is 4.79 Å². The maximum absolute atomic E-state index is 12.3. The molecule has 1 aromatic heterocycles. The highest BCUT2D eigenvalue weighted by molar-refractivity contribution is 5.93. The van der Waals surface area contributed by atoms with Gasteiger partial charge in [0.25, 0.3) is 0 Å². The van der Waals surface area contributed by atoms with Crippen molar-refractivity contribution in [3.63, 3.8) is 0 Å². The number of rotatable bonds is 13. The second-order valence-electron chi connectivity index (χ2n) is 8.33. The molecule has 0 saturated heterocycles. The molecular weight excluding hydrogens is 420 g/mol. The van der Waals surface area contributed by atoms with Crippen molar-refractivity contribution in [2.75, 3.05) is 11.1 Å². The van der Waals surface area contributed by atoms with E-state index in [9.17, 15) is 4.79 Å². The zero-order chi connectivity index (χ0) is 21.9. The highest BCUT2D eigenvalue weighted by atomic mass is 35.5. The van der Waals surface area contributed by atoms with Gasteiger partial charge in [-0.05, 0) is 43.0 Å². The molecule has 0 unspecified atom stereocenters. The van der Waals surface area contributed by atoms with Gasteiger partial charge in [-0.2, -0.15) is 0 Å². The van der Waals surface area contributed by atoms with Gasteiger partial charge < -0.3 is 15.6 Å². The van der Waals surface area contributed by atoms with Crippen LogP contribution in [0.1, 0.15) is 70.3 Å². The molecule has 3 rings (SSSR count). The second-order valence-corrected chi connectivity index (χ2v) is 8.33. The summed E-state index contributed by atoms with van der Waals surface area (Å²) in [6.07, 6.45) is 11.0. The van der Waals surface area contributed by atoms with Crippen molar-refractivity contribution in [1.29, 1.82) is 0 Å². The normalized spacial score (nSPS) is 10.8. The molecule has 0 spiro atoms. The van der Waals surface area contributed by atoms with Crippen LogP contribution in [-0.4, -0.2) is 15.5 Å². The largest absolute Gasteiger partial charge is 0.369 e. The van der Waals surface area contributed by atoms with Gasteiger partial charge in [-0.3, -0.25) is 4.79 Å². The molecule has 3 N–H and O–H groups in total. The number of anilines is 2. The van der Waals surface area contributed by atoms with E-state index in [4.69, 9.17) is 5.73 Å². The first kappa shape index (κ1) is 25.7. The Balaban J connectivity index is 0.00000363. The van der Waals surface area contributed by atoms with E-state index in [0.717, 1.165) is 48.9 Å². The Labute approximate surface area is 198 Å². The predicted molar refractivity (Wildman–Crippen MR) is 137 cm³/mol. The first-order chi connectivity index (χ1) is 15.2. The van der Waals surface area contributed by atoms with E-state index in [1.807, 2.05) is 24.3 Å². The number of nitrogens with two attached hydrogens (primary N) is 1. The maximum Gasteiger partial charge on any atom is 0.224 e. The number of nitrogen functional groups attached to an aromatic ring is 1. The molecule has 0 atom stereocenters. The summed E-state index contributed by atoms with van der Waals surface area (Å²) in [5.74, 6) is 0.595. The van der Waals surface area contributed by atoms with Crippen molar-refractivity contribution in [1.82, 2.24) is 9.55 Å². The average molecular weight is 457 g/mol. The number of aryl methyl sites for hydroxylation is 2. The van der Waals surface area contributed by atoms with Crippen LogP contribution >= 0.6 is 12.4 Å². The minimum absolute atomic E-state index is 0. The van der Waals surface area contributed by atoms with E-state index in [2.05, 4.69) is 46.1 Å². The van der Waals surface area contributed by atoms with E-state index in [1.54, 1.807) is 0 Å². The lowest BCUT2D eigenvalue weighted by Gasteiger charge is -2.08. The Morgan fingerprint density at radius 2 is 1.69 bits per heavy atom. The number of aromatic nitrogens is 2. The summed E-state index contributed by atoms with van der Waals surface area (Å²) >= 11 is 0. The molecule has 0 saturated carbocycles. The van der Waals surface area contributed by atoms with Crippen LogP contribution in [0.25, 0.3) is 11.0 Å². The van der Waals surface area contributed by atoms with Crippen LogP contribution in [0.15, 0.2) is 48.5 Å². The monoisotopic (exact) mass is 456 g/mol. The number of hydrogen-bond acceptors (Lipinski definition) is 3.